The number of nitrogens with two attached hydrogens (primary N) is 1. The van der Waals surface area contributed by atoms with Gasteiger partial charge in [0.05, 0.1) is 11.9 Å². The average molecular weight is 635 g/mol. The van der Waals surface area contributed by atoms with Crippen molar-refractivity contribution in [3.63, 3.8) is 0 Å². The highest BCUT2D eigenvalue weighted by Crippen LogP contribution is 2.58. The van der Waals surface area contributed by atoms with Crippen molar-refractivity contribution in [1.82, 2.24) is 5.01 Å². The predicted molar refractivity (Wildman–Crippen MR) is 196 cm³/mol. The number of aliphatic imine (C=N–C) groups is 1. The average Bonchev–Trinajstić information content (AvgIpc) is 3.33. The first-order valence-electron chi connectivity index (χ1n) is 16.3. The number of fused-ring (bicyclic) bond motifs is 6. The maximum atomic E-state index is 14.4. The molecule has 1 amide bonds. The molecule has 0 aromatic heterocycles. The zero-order valence-corrected chi connectivity index (χ0v) is 27.5. The Bertz CT molecular complexity index is 2020. The van der Waals surface area contributed by atoms with Crippen LogP contribution in [0.4, 0.5) is 22.7 Å². The number of aryl methyl sites for hydroxylation is 2. The molecule has 240 valence electrons. The SMILES string of the molecule is CCNc1cc2c(cc1C)C1(c3cc(C)c(NCC)cc3O2)c2ccccc2C(=O)N1/N=C/C=N/c1ccc(-c2ccc(N)cc2)cc1. The van der Waals surface area contributed by atoms with E-state index in [9.17, 15) is 4.79 Å². The van der Waals surface area contributed by atoms with Gasteiger partial charge in [0.1, 0.15) is 17.0 Å². The number of rotatable bonds is 8. The summed E-state index contributed by atoms with van der Waals surface area (Å²) in [6.07, 6.45) is 3.22. The minimum Gasteiger partial charge on any atom is -0.456 e. The van der Waals surface area contributed by atoms with E-state index >= 15 is 0 Å². The normalized spacial score (nSPS) is 14.2. The number of nitrogen functional groups attached to an aromatic ring is 1. The van der Waals surface area contributed by atoms with Crippen molar-refractivity contribution in [2.45, 2.75) is 33.2 Å². The van der Waals surface area contributed by atoms with Gasteiger partial charge in [-0.1, -0.05) is 42.5 Å². The first-order valence-corrected chi connectivity index (χ1v) is 16.3. The summed E-state index contributed by atoms with van der Waals surface area (Å²) in [4.78, 5) is 19.0. The lowest BCUT2D eigenvalue weighted by atomic mass is 9.74. The van der Waals surface area contributed by atoms with Crippen molar-refractivity contribution in [3.8, 4) is 22.6 Å². The van der Waals surface area contributed by atoms with Gasteiger partial charge in [-0.25, -0.2) is 5.01 Å². The lowest BCUT2D eigenvalue weighted by molar-refractivity contribution is 0.0675. The maximum absolute atomic E-state index is 14.4. The Balaban J connectivity index is 1.34. The van der Waals surface area contributed by atoms with Crippen LogP contribution in [-0.4, -0.2) is 36.4 Å². The Hall–Kier alpha value is -5.89. The number of hydrogen-bond donors (Lipinski definition) is 3. The number of carbonyl (C=O) groups excluding carboxylic acids is 1. The van der Waals surface area contributed by atoms with Crippen LogP contribution < -0.4 is 21.1 Å². The summed E-state index contributed by atoms with van der Waals surface area (Å²) < 4.78 is 6.68. The number of hydrogen-bond acceptors (Lipinski definition) is 7. The fourth-order valence-corrected chi connectivity index (χ4v) is 6.79. The molecule has 0 radical (unpaired) electrons. The number of ether oxygens (including phenoxy) is 1. The molecular formula is C40H38N6O2. The maximum Gasteiger partial charge on any atom is 0.275 e. The van der Waals surface area contributed by atoms with Crippen LogP contribution in [0.1, 0.15) is 52.0 Å². The second-order valence-corrected chi connectivity index (χ2v) is 12.1. The van der Waals surface area contributed by atoms with Crippen molar-refractivity contribution in [2.24, 2.45) is 10.1 Å². The molecule has 1 spiro atoms. The van der Waals surface area contributed by atoms with Crippen molar-refractivity contribution in [3.05, 3.63) is 130 Å². The molecule has 7 rings (SSSR count). The summed E-state index contributed by atoms with van der Waals surface area (Å²) >= 11 is 0. The number of amides is 1. The third-order valence-corrected chi connectivity index (χ3v) is 9.03. The molecule has 4 N–H and O–H groups in total. The molecule has 8 heteroatoms. The molecule has 0 bridgehead atoms. The quantitative estimate of drug-likeness (QED) is 0.117. The van der Waals surface area contributed by atoms with Gasteiger partial charge < -0.3 is 21.1 Å². The highest BCUT2D eigenvalue weighted by molar-refractivity contribution is 6.17. The van der Waals surface area contributed by atoms with Crippen LogP contribution >= 0.6 is 0 Å². The number of carbonyl (C=O) groups is 1. The largest absolute Gasteiger partial charge is 0.456 e. The van der Waals surface area contributed by atoms with Crippen molar-refractivity contribution in [1.29, 1.82) is 0 Å². The van der Waals surface area contributed by atoms with E-state index in [0.29, 0.717) is 17.1 Å². The molecule has 0 fully saturated rings. The molecule has 2 aliphatic rings. The highest BCUT2D eigenvalue weighted by atomic mass is 16.5. The molecule has 0 unspecified atom stereocenters. The van der Waals surface area contributed by atoms with Gasteiger partial charge >= 0.3 is 0 Å². The Morgan fingerprint density at radius 3 is 1.90 bits per heavy atom. The summed E-state index contributed by atoms with van der Waals surface area (Å²) in [5.41, 5.74) is 15.7. The topological polar surface area (TPSA) is 104 Å². The fourth-order valence-electron chi connectivity index (χ4n) is 6.79. The third kappa shape index (κ3) is 5.06. The predicted octanol–water partition coefficient (Wildman–Crippen LogP) is 8.66. The molecule has 5 aromatic carbocycles. The third-order valence-electron chi connectivity index (χ3n) is 9.03. The molecule has 0 aliphatic carbocycles. The molecule has 48 heavy (non-hydrogen) atoms. The van der Waals surface area contributed by atoms with Crippen molar-refractivity contribution < 1.29 is 9.53 Å². The number of benzene rings is 5. The molecule has 2 aliphatic heterocycles. The minimum atomic E-state index is -1.06. The van der Waals surface area contributed by atoms with Gasteiger partial charge in [-0.2, -0.15) is 5.10 Å². The van der Waals surface area contributed by atoms with Crippen LogP contribution in [0.5, 0.6) is 11.5 Å². The summed E-state index contributed by atoms with van der Waals surface area (Å²) in [5, 5.41) is 13.4. The number of anilines is 3. The Labute approximate surface area is 281 Å². The van der Waals surface area contributed by atoms with Crippen LogP contribution in [0.25, 0.3) is 11.1 Å². The Morgan fingerprint density at radius 1 is 0.750 bits per heavy atom. The van der Waals surface area contributed by atoms with Gasteiger partial charge in [0.2, 0.25) is 0 Å². The van der Waals surface area contributed by atoms with Crippen LogP contribution in [0.3, 0.4) is 0 Å². The first kappa shape index (κ1) is 30.7. The second-order valence-electron chi connectivity index (χ2n) is 12.1. The van der Waals surface area contributed by atoms with Crippen LogP contribution in [0.15, 0.2) is 107 Å². The molecule has 0 saturated heterocycles. The molecule has 0 saturated carbocycles. The van der Waals surface area contributed by atoms with Crippen LogP contribution in [0.2, 0.25) is 0 Å². The monoisotopic (exact) mass is 634 g/mol. The second kappa shape index (κ2) is 12.4. The van der Waals surface area contributed by atoms with E-state index in [0.717, 1.165) is 74.8 Å². The number of hydrazone groups is 1. The zero-order chi connectivity index (χ0) is 33.4. The highest BCUT2D eigenvalue weighted by Gasteiger charge is 2.57. The molecule has 0 atom stereocenters. The van der Waals surface area contributed by atoms with Gasteiger partial charge in [0, 0.05) is 70.8 Å². The molecule has 2 heterocycles. The Morgan fingerprint density at radius 2 is 1.31 bits per heavy atom. The number of nitrogens with zero attached hydrogens (tertiary/aromatic N) is 3. The molecular weight excluding hydrogens is 596 g/mol. The number of nitrogens with one attached hydrogen (secondary N) is 2. The first-order chi connectivity index (χ1) is 23.3. The van der Waals surface area contributed by atoms with Gasteiger partial charge in [-0.15, -0.1) is 0 Å². The Kier molecular flexibility index (Phi) is 7.93. The van der Waals surface area contributed by atoms with Crippen molar-refractivity contribution >= 4 is 41.1 Å². The molecule has 5 aromatic rings. The van der Waals surface area contributed by atoms with Gasteiger partial charge in [0.15, 0.2) is 0 Å². The van der Waals surface area contributed by atoms with E-state index in [2.05, 4.69) is 55.5 Å². The van der Waals surface area contributed by atoms with Gasteiger partial charge in [0.25, 0.3) is 5.91 Å². The van der Waals surface area contributed by atoms with Crippen molar-refractivity contribution in [2.75, 3.05) is 29.5 Å². The standard InChI is InChI=1S/C40H38N6O2/c1-5-42-35-23-37-33(21-25(35)3)40(34-22-26(4)36(43-6-2)24-38(34)48-37)32-10-8-7-9-31(32)39(47)46(40)45-20-19-44-30-17-13-28(14-18-30)27-11-15-29(41)16-12-27/h7-24,42-43H,5-6,41H2,1-4H3/b44-19+,45-20+. The van der Waals surface area contributed by atoms with E-state index in [1.54, 1.807) is 17.4 Å². The molecule has 8 nitrogen and oxygen atoms in total. The van der Waals surface area contributed by atoms with Gasteiger partial charge in [-0.3, -0.25) is 9.79 Å². The van der Waals surface area contributed by atoms with Gasteiger partial charge in [-0.05, 0) is 92.4 Å². The minimum absolute atomic E-state index is 0.191. The summed E-state index contributed by atoms with van der Waals surface area (Å²) in [7, 11) is 0. The van der Waals surface area contributed by atoms with E-state index in [1.165, 1.54) is 0 Å². The van der Waals surface area contributed by atoms with E-state index in [1.807, 2.05) is 84.9 Å². The summed E-state index contributed by atoms with van der Waals surface area (Å²) in [6.45, 7) is 9.82. The fraction of sp³-hybridized carbons (Fsp3) is 0.175. The van der Waals surface area contributed by atoms with E-state index in [4.69, 9.17) is 15.6 Å². The van der Waals surface area contributed by atoms with E-state index < -0.39 is 5.54 Å². The van der Waals surface area contributed by atoms with E-state index in [-0.39, 0.29) is 5.91 Å². The lowest BCUT2D eigenvalue weighted by Crippen LogP contribution is -2.44. The van der Waals surface area contributed by atoms with Crippen LogP contribution in [-0.2, 0) is 5.54 Å². The van der Waals surface area contributed by atoms with Crippen LogP contribution in [0, 0.1) is 13.8 Å². The summed E-state index contributed by atoms with van der Waals surface area (Å²) in [5.74, 6) is 1.16. The summed E-state index contributed by atoms with van der Waals surface area (Å²) in [6, 6.07) is 31.8. The zero-order valence-electron chi connectivity index (χ0n) is 27.5. The lowest BCUT2D eigenvalue weighted by Gasteiger charge is -2.42. The smallest absolute Gasteiger partial charge is 0.275 e.